The molecule has 0 bridgehead atoms. The van der Waals surface area contributed by atoms with Crippen molar-refractivity contribution in [1.82, 2.24) is 10.2 Å². The molecule has 38 heavy (non-hydrogen) atoms. The summed E-state index contributed by atoms with van der Waals surface area (Å²) in [5.41, 5.74) is 1.76. The summed E-state index contributed by atoms with van der Waals surface area (Å²) in [6, 6.07) is 12.5. The van der Waals surface area contributed by atoms with Crippen molar-refractivity contribution < 1.29 is 28.9 Å². The van der Waals surface area contributed by atoms with Crippen LogP contribution in [-0.2, 0) is 27.3 Å². The first-order valence-corrected chi connectivity index (χ1v) is 13.6. The van der Waals surface area contributed by atoms with Crippen LogP contribution in [0.1, 0.15) is 44.7 Å². The van der Waals surface area contributed by atoms with E-state index < -0.39 is 12.1 Å². The van der Waals surface area contributed by atoms with E-state index >= 15 is 0 Å². The molecule has 0 spiro atoms. The number of aliphatic carboxylic acids is 1. The molecule has 2 rings (SSSR count). The van der Waals surface area contributed by atoms with E-state index in [1.54, 1.807) is 30.0 Å². The monoisotopic (exact) mass is 568 g/mol. The minimum absolute atomic E-state index is 0.0256. The van der Waals surface area contributed by atoms with E-state index in [1.165, 1.54) is 0 Å². The highest BCUT2D eigenvalue weighted by Gasteiger charge is 2.18. The van der Waals surface area contributed by atoms with Gasteiger partial charge in [-0.25, -0.2) is 9.59 Å². The van der Waals surface area contributed by atoms with Gasteiger partial charge in [-0.1, -0.05) is 35.3 Å². The second-order valence-corrected chi connectivity index (χ2v) is 9.98. The molecule has 210 valence electrons. The number of urea groups is 1. The lowest BCUT2D eigenvalue weighted by molar-refractivity contribution is -0.149. The third-order valence-corrected chi connectivity index (χ3v) is 5.91. The van der Waals surface area contributed by atoms with Crippen LogP contribution in [0.3, 0.4) is 0 Å². The lowest BCUT2D eigenvalue weighted by Gasteiger charge is -2.24. The number of benzene rings is 2. The Morgan fingerprint density at radius 2 is 1.66 bits per heavy atom. The quantitative estimate of drug-likeness (QED) is 0.233. The molecule has 1 unspecified atom stereocenters. The van der Waals surface area contributed by atoms with Gasteiger partial charge in [-0.15, -0.1) is 0 Å². The molecule has 2 amide bonds. The first-order valence-electron chi connectivity index (χ1n) is 12.8. The van der Waals surface area contributed by atoms with Crippen LogP contribution >= 0.6 is 23.2 Å². The number of nitrogens with zero attached hydrogens (tertiary/aromatic N) is 1. The highest BCUT2D eigenvalue weighted by atomic mass is 35.5. The van der Waals surface area contributed by atoms with E-state index in [0.29, 0.717) is 55.3 Å². The molecule has 10 heteroatoms. The zero-order chi connectivity index (χ0) is 27.9. The highest BCUT2D eigenvalue weighted by Crippen LogP contribution is 2.19. The summed E-state index contributed by atoms with van der Waals surface area (Å²) in [7, 11) is 0. The average molecular weight is 570 g/mol. The van der Waals surface area contributed by atoms with Gasteiger partial charge in [-0.3, -0.25) is 0 Å². The van der Waals surface area contributed by atoms with Crippen molar-refractivity contribution in [2.45, 2.75) is 58.8 Å². The Balaban J connectivity index is 1.77. The maximum atomic E-state index is 12.7. The van der Waals surface area contributed by atoms with E-state index in [4.69, 9.17) is 37.4 Å². The number of hydrogen-bond acceptors (Lipinski definition) is 5. The largest absolute Gasteiger partial charge is 0.492 e. The Morgan fingerprint density at radius 3 is 2.26 bits per heavy atom. The summed E-state index contributed by atoms with van der Waals surface area (Å²) < 4.78 is 16.8. The summed E-state index contributed by atoms with van der Waals surface area (Å²) in [4.78, 5) is 25.7. The van der Waals surface area contributed by atoms with E-state index in [1.807, 2.05) is 38.1 Å². The highest BCUT2D eigenvalue weighted by molar-refractivity contribution is 6.34. The fourth-order valence-electron chi connectivity index (χ4n) is 3.67. The van der Waals surface area contributed by atoms with Crippen molar-refractivity contribution in [2.75, 3.05) is 32.9 Å². The molecule has 0 radical (unpaired) electrons. The van der Waals surface area contributed by atoms with Crippen molar-refractivity contribution in [2.24, 2.45) is 0 Å². The molecule has 0 aliphatic heterocycles. The number of nitrogens with one attached hydrogen (secondary N) is 1. The standard InChI is InChI=1S/C28H38Cl2N2O6/c1-4-37-26(27(33)34)17-21-7-9-25(10-8-21)38-14-12-32(28(35)31-20(2)3)11-5-6-13-36-19-22-15-23(29)18-24(30)16-22/h7-10,15-16,18,20,26H,4-6,11-14,17,19H2,1-3H3,(H,31,35)(H,33,34). The SMILES string of the molecule is CCOC(Cc1ccc(OCCN(CCCCOCc2cc(Cl)cc(Cl)c2)C(=O)NC(C)C)cc1)C(=O)O. The molecule has 0 aromatic heterocycles. The average Bonchev–Trinajstić information content (AvgIpc) is 2.84. The van der Waals surface area contributed by atoms with Crippen LogP contribution in [0.4, 0.5) is 4.79 Å². The fraction of sp³-hybridized carbons (Fsp3) is 0.500. The van der Waals surface area contributed by atoms with Gasteiger partial charge in [0.25, 0.3) is 0 Å². The molecule has 0 fully saturated rings. The Bertz CT molecular complexity index is 983. The van der Waals surface area contributed by atoms with Gasteiger partial charge < -0.3 is 29.5 Å². The molecule has 0 saturated carbocycles. The number of carbonyl (C=O) groups excluding carboxylic acids is 1. The number of halogens is 2. The van der Waals surface area contributed by atoms with E-state index in [-0.39, 0.29) is 18.5 Å². The van der Waals surface area contributed by atoms with Crippen LogP contribution in [0.15, 0.2) is 42.5 Å². The molecule has 1 atom stereocenters. The minimum Gasteiger partial charge on any atom is -0.492 e. The second kappa shape index (κ2) is 17.1. The maximum absolute atomic E-state index is 12.7. The maximum Gasteiger partial charge on any atom is 0.333 e. The van der Waals surface area contributed by atoms with Gasteiger partial charge in [0.1, 0.15) is 12.4 Å². The number of rotatable bonds is 17. The van der Waals surface area contributed by atoms with Gasteiger partial charge in [0.15, 0.2) is 6.10 Å². The van der Waals surface area contributed by atoms with E-state index in [9.17, 15) is 14.7 Å². The van der Waals surface area contributed by atoms with E-state index in [0.717, 1.165) is 24.0 Å². The van der Waals surface area contributed by atoms with Crippen molar-refractivity contribution in [3.8, 4) is 5.75 Å². The van der Waals surface area contributed by atoms with Crippen LogP contribution in [0.5, 0.6) is 5.75 Å². The first-order chi connectivity index (χ1) is 18.2. The summed E-state index contributed by atoms with van der Waals surface area (Å²) in [6.45, 7) is 8.25. The number of carboxylic acid groups (broad SMARTS) is 1. The van der Waals surface area contributed by atoms with Gasteiger partial charge in [0.2, 0.25) is 0 Å². The lowest BCUT2D eigenvalue weighted by Crippen LogP contribution is -2.45. The molecule has 0 aliphatic rings. The number of hydrogen-bond donors (Lipinski definition) is 2. The molecule has 2 N–H and O–H groups in total. The van der Waals surface area contributed by atoms with Crippen LogP contribution in [0, 0.1) is 0 Å². The third-order valence-electron chi connectivity index (χ3n) is 5.47. The normalized spacial score (nSPS) is 11.8. The molecule has 0 saturated heterocycles. The zero-order valence-corrected chi connectivity index (χ0v) is 23.8. The zero-order valence-electron chi connectivity index (χ0n) is 22.3. The topological polar surface area (TPSA) is 97.3 Å². The molecular formula is C28H38Cl2N2O6. The van der Waals surface area contributed by atoms with Crippen LogP contribution in [-0.4, -0.2) is 67.1 Å². The minimum atomic E-state index is -0.982. The number of carbonyl (C=O) groups is 2. The second-order valence-electron chi connectivity index (χ2n) is 9.11. The Kier molecular flexibility index (Phi) is 14.3. The summed E-state index contributed by atoms with van der Waals surface area (Å²) in [5.74, 6) is -0.333. The van der Waals surface area contributed by atoms with Gasteiger partial charge >= 0.3 is 12.0 Å². The predicted octanol–water partition coefficient (Wildman–Crippen LogP) is 5.82. The first kappa shape index (κ1) is 31.7. The lowest BCUT2D eigenvalue weighted by atomic mass is 10.1. The Hall–Kier alpha value is -2.52. The number of carboxylic acids is 1. The summed E-state index contributed by atoms with van der Waals surface area (Å²) in [5, 5.41) is 13.3. The van der Waals surface area contributed by atoms with Gasteiger partial charge in [-0.2, -0.15) is 0 Å². The number of unbranched alkanes of at least 4 members (excludes halogenated alkanes) is 1. The molecule has 8 nitrogen and oxygen atoms in total. The van der Waals surface area contributed by atoms with Gasteiger partial charge in [0, 0.05) is 42.3 Å². The third kappa shape index (κ3) is 12.3. The van der Waals surface area contributed by atoms with Crippen molar-refractivity contribution in [1.29, 1.82) is 0 Å². The van der Waals surface area contributed by atoms with Crippen LogP contribution < -0.4 is 10.1 Å². The van der Waals surface area contributed by atoms with Gasteiger partial charge in [-0.05, 0) is 75.1 Å². The smallest absolute Gasteiger partial charge is 0.333 e. The van der Waals surface area contributed by atoms with E-state index in [2.05, 4.69) is 5.32 Å². The fourth-order valence-corrected chi connectivity index (χ4v) is 4.24. The number of amides is 2. The van der Waals surface area contributed by atoms with Crippen molar-refractivity contribution >= 4 is 35.2 Å². The van der Waals surface area contributed by atoms with Crippen LogP contribution in [0.25, 0.3) is 0 Å². The van der Waals surface area contributed by atoms with Crippen molar-refractivity contribution in [3.05, 3.63) is 63.6 Å². The Labute approximate surface area is 235 Å². The summed E-state index contributed by atoms with van der Waals surface area (Å²) in [6.07, 6.45) is 0.978. The summed E-state index contributed by atoms with van der Waals surface area (Å²) >= 11 is 12.0. The molecule has 0 aliphatic carbocycles. The predicted molar refractivity (Wildman–Crippen MR) is 149 cm³/mol. The number of ether oxygens (including phenoxy) is 3. The Morgan fingerprint density at radius 1 is 0.974 bits per heavy atom. The van der Waals surface area contributed by atoms with Crippen LogP contribution in [0.2, 0.25) is 10.0 Å². The molecule has 2 aromatic carbocycles. The van der Waals surface area contributed by atoms with Crippen molar-refractivity contribution in [3.63, 3.8) is 0 Å². The molecule has 0 heterocycles. The van der Waals surface area contributed by atoms with Gasteiger partial charge in [0.05, 0.1) is 13.2 Å². The molecule has 2 aromatic rings. The molecular weight excluding hydrogens is 531 g/mol.